The van der Waals surface area contributed by atoms with Gasteiger partial charge < -0.3 is 0 Å². The zero-order valence-corrected chi connectivity index (χ0v) is 8.30. The minimum absolute atomic E-state index is 0.104. The van der Waals surface area contributed by atoms with Gasteiger partial charge in [0, 0.05) is 12.8 Å². The molecule has 0 atom stereocenters. The fourth-order valence-electron chi connectivity index (χ4n) is 2.09. The van der Waals surface area contributed by atoms with Crippen molar-refractivity contribution in [2.75, 3.05) is 0 Å². The van der Waals surface area contributed by atoms with Gasteiger partial charge in [0.05, 0.1) is 0 Å². The van der Waals surface area contributed by atoms with Gasteiger partial charge in [0.25, 0.3) is 0 Å². The first kappa shape index (κ1) is 10.2. The minimum Gasteiger partial charge on any atom is -0.296 e. The molecule has 0 spiro atoms. The van der Waals surface area contributed by atoms with Crippen molar-refractivity contribution < 1.29 is 9.59 Å². The molecule has 0 saturated carbocycles. The van der Waals surface area contributed by atoms with E-state index in [-0.39, 0.29) is 17.7 Å². The largest absolute Gasteiger partial charge is 0.296 e. The molecule has 0 unspecified atom stereocenters. The van der Waals surface area contributed by atoms with Gasteiger partial charge in [-0.3, -0.25) is 14.9 Å². The lowest BCUT2D eigenvalue weighted by Gasteiger charge is -2.27. The predicted octanol–water partition coefficient (Wildman–Crippen LogP) is 1.48. The van der Waals surface area contributed by atoms with Crippen molar-refractivity contribution in [1.82, 2.24) is 5.32 Å². The van der Waals surface area contributed by atoms with Crippen LogP contribution in [0.5, 0.6) is 0 Å². The van der Waals surface area contributed by atoms with Gasteiger partial charge in [-0.25, -0.2) is 0 Å². The molecule has 0 aliphatic carbocycles. The first-order valence-electron chi connectivity index (χ1n) is 5.00. The first-order chi connectivity index (χ1) is 6.17. The predicted molar refractivity (Wildman–Crippen MR) is 49.9 cm³/mol. The van der Waals surface area contributed by atoms with Gasteiger partial charge in [0.1, 0.15) is 0 Å². The van der Waals surface area contributed by atoms with Crippen molar-refractivity contribution in [3.05, 3.63) is 0 Å². The molecule has 1 saturated heterocycles. The summed E-state index contributed by atoms with van der Waals surface area (Å²) < 4.78 is 0. The average Bonchev–Trinajstić information content (AvgIpc) is 2.04. The summed E-state index contributed by atoms with van der Waals surface area (Å²) in [6.45, 7) is 4.23. The van der Waals surface area contributed by atoms with Crippen LogP contribution in [0.25, 0.3) is 0 Å². The monoisotopic (exact) mass is 183 g/mol. The Hall–Kier alpha value is -0.860. The molecule has 0 radical (unpaired) electrons. The average molecular weight is 183 g/mol. The standard InChI is InChI=1S/C10H17NO2/c1-3-7(4-2)8-5-9(12)11-10(13)6-8/h7-8H,3-6H2,1-2H3,(H,11,12,13). The van der Waals surface area contributed by atoms with Gasteiger partial charge in [0.15, 0.2) is 0 Å². The Labute approximate surface area is 78.9 Å². The summed E-state index contributed by atoms with van der Waals surface area (Å²) in [5.74, 6) is 0.590. The van der Waals surface area contributed by atoms with Crippen LogP contribution in [-0.4, -0.2) is 11.8 Å². The molecule has 1 aliphatic rings. The number of hydrogen-bond donors (Lipinski definition) is 1. The van der Waals surface area contributed by atoms with Gasteiger partial charge in [-0.1, -0.05) is 26.7 Å². The van der Waals surface area contributed by atoms with Gasteiger partial charge in [-0.2, -0.15) is 0 Å². The van der Waals surface area contributed by atoms with E-state index in [4.69, 9.17) is 0 Å². The SMILES string of the molecule is CCC(CC)C1CC(=O)NC(=O)C1. The van der Waals surface area contributed by atoms with Gasteiger partial charge in [0.2, 0.25) is 11.8 Å². The van der Waals surface area contributed by atoms with E-state index in [1.54, 1.807) is 0 Å². The van der Waals surface area contributed by atoms with Crippen LogP contribution in [0.3, 0.4) is 0 Å². The highest BCUT2D eigenvalue weighted by Gasteiger charge is 2.29. The van der Waals surface area contributed by atoms with Crippen molar-refractivity contribution in [3.8, 4) is 0 Å². The highest BCUT2D eigenvalue weighted by Crippen LogP contribution is 2.27. The van der Waals surface area contributed by atoms with Crippen molar-refractivity contribution in [2.24, 2.45) is 11.8 Å². The number of carbonyl (C=O) groups is 2. The van der Waals surface area contributed by atoms with E-state index in [2.05, 4.69) is 19.2 Å². The summed E-state index contributed by atoms with van der Waals surface area (Å²) in [6, 6.07) is 0. The maximum Gasteiger partial charge on any atom is 0.226 e. The highest BCUT2D eigenvalue weighted by atomic mass is 16.2. The second kappa shape index (κ2) is 4.40. The lowest BCUT2D eigenvalue weighted by Crippen LogP contribution is -2.40. The van der Waals surface area contributed by atoms with E-state index in [0.29, 0.717) is 18.8 Å². The first-order valence-corrected chi connectivity index (χ1v) is 5.00. The van der Waals surface area contributed by atoms with Crippen LogP contribution in [-0.2, 0) is 9.59 Å². The minimum atomic E-state index is -0.104. The third-order valence-electron chi connectivity index (χ3n) is 2.89. The molecule has 0 aromatic rings. The lowest BCUT2D eigenvalue weighted by atomic mass is 9.81. The van der Waals surface area contributed by atoms with Crippen molar-refractivity contribution in [2.45, 2.75) is 39.5 Å². The van der Waals surface area contributed by atoms with Crippen LogP contribution in [0.4, 0.5) is 0 Å². The number of imide groups is 1. The Morgan fingerprint density at radius 3 is 2.08 bits per heavy atom. The number of amides is 2. The van der Waals surface area contributed by atoms with E-state index in [0.717, 1.165) is 12.8 Å². The summed E-state index contributed by atoms with van der Waals surface area (Å²) >= 11 is 0. The Morgan fingerprint density at radius 1 is 1.23 bits per heavy atom. The molecule has 1 aliphatic heterocycles. The van der Waals surface area contributed by atoms with Crippen LogP contribution in [0.1, 0.15) is 39.5 Å². The van der Waals surface area contributed by atoms with E-state index >= 15 is 0 Å². The van der Waals surface area contributed by atoms with Crippen molar-refractivity contribution >= 4 is 11.8 Å². The summed E-state index contributed by atoms with van der Waals surface area (Å²) in [5.41, 5.74) is 0. The Bertz CT molecular complexity index is 193. The molecule has 0 aromatic carbocycles. The number of hydrogen-bond acceptors (Lipinski definition) is 2. The molecule has 3 heteroatoms. The maximum absolute atomic E-state index is 11.1. The molecule has 0 aromatic heterocycles. The molecule has 13 heavy (non-hydrogen) atoms. The molecular formula is C10H17NO2. The van der Waals surface area contributed by atoms with Crippen LogP contribution < -0.4 is 5.32 Å². The zero-order valence-electron chi connectivity index (χ0n) is 8.30. The van der Waals surface area contributed by atoms with Crippen LogP contribution in [0.2, 0.25) is 0 Å². The Kier molecular flexibility index (Phi) is 3.46. The summed E-state index contributed by atoms with van der Waals surface area (Å²) in [6.07, 6.45) is 3.17. The highest BCUT2D eigenvalue weighted by molar-refractivity contribution is 5.97. The lowest BCUT2D eigenvalue weighted by molar-refractivity contribution is -0.135. The number of piperidine rings is 1. The van der Waals surface area contributed by atoms with Crippen LogP contribution in [0, 0.1) is 11.8 Å². The molecule has 1 rings (SSSR count). The molecule has 1 fully saturated rings. The normalized spacial score (nSPS) is 19.3. The zero-order chi connectivity index (χ0) is 9.84. The maximum atomic E-state index is 11.1. The third kappa shape index (κ3) is 2.54. The molecule has 74 valence electrons. The Balaban J connectivity index is 2.58. The topological polar surface area (TPSA) is 46.2 Å². The quantitative estimate of drug-likeness (QED) is 0.673. The Morgan fingerprint density at radius 2 is 1.69 bits per heavy atom. The molecule has 0 bridgehead atoms. The van der Waals surface area contributed by atoms with E-state index in [1.807, 2.05) is 0 Å². The molecule has 2 amide bonds. The second-order valence-corrected chi connectivity index (χ2v) is 3.72. The summed E-state index contributed by atoms with van der Waals surface area (Å²) in [4.78, 5) is 22.2. The molecule has 3 nitrogen and oxygen atoms in total. The van der Waals surface area contributed by atoms with Crippen LogP contribution in [0.15, 0.2) is 0 Å². The van der Waals surface area contributed by atoms with E-state index in [9.17, 15) is 9.59 Å². The van der Waals surface area contributed by atoms with Crippen molar-refractivity contribution in [1.29, 1.82) is 0 Å². The number of rotatable bonds is 3. The van der Waals surface area contributed by atoms with Gasteiger partial charge in [-0.15, -0.1) is 0 Å². The number of carbonyl (C=O) groups excluding carboxylic acids is 2. The van der Waals surface area contributed by atoms with Crippen molar-refractivity contribution in [3.63, 3.8) is 0 Å². The molecular weight excluding hydrogens is 166 g/mol. The van der Waals surface area contributed by atoms with Gasteiger partial charge >= 0.3 is 0 Å². The molecule has 1 N–H and O–H groups in total. The second-order valence-electron chi connectivity index (χ2n) is 3.72. The smallest absolute Gasteiger partial charge is 0.226 e. The summed E-state index contributed by atoms with van der Waals surface area (Å²) in [7, 11) is 0. The fourth-order valence-corrected chi connectivity index (χ4v) is 2.09. The fraction of sp³-hybridized carbons (Fsp3) is 0.800. The van der Waals surface area contributed by atoms with Crippen LogP contribution >= 0.6 is 0 Å². The van der Waals surface area contributed by atoms with Gasteiger partial charge in [-0.05, 0) is 11.8 Å². The third-order valence-corrected chi connectivity index (χ3v) is 2.89. The number of nitrogens with one attached hydrogen (secondary N) is 1. The molecule has 1 heterocycles. The van der Waals surface area contributed by atoms with E-state index in [1.165, 1.54) is 0 Å². The van der Waals surface area contributed by atoms with E-state index < -0.39 is 0 Å². The summed E-state index contributed by atoms with van der Waals surface area (Å²) in [5, 5.41) is 2.33.